The van der Waals surface area contributed by atoms with Crippen molar-refractivity contribution in [2.45, 2.75) is 13.1 Å². The lowest BCUT2D eigenvalue weighted by molar-refractivity contribution is 0.146. The van der Waals surface area contributed by atoms with Crippen molar-refractivity contribution < 1.29 is 13.9 Å². The summed E-state index contributed by atoms with van der Waals surface area (Å²) in [4.78, 5) is 4.17. The quantitative estimate of drug-likeness (QED) is 0.267. The Morgan fingerprint density at radius 3 is 2.31 bits per heavy atom. The Morgan fingerprint density at radius 1 is 1.00 bits per heavy atom. The molecule has 0 amide bonds. The summed E-state index contributed by atoms with van der Waals surface area (Å²) in [6, 6.07) is 14.3. The van der Waals surface area contributed by atoms with E-state index in [0.29, 0.717) is 32.3 Å². The van der Waals surface area contributed by atoms with E-state index in [2.05, 4.69) is 15.6 Å². The largest absolute Gasteiger partial charge is 0.491 e. The zero-order valence-corrected chi connectivity index (χ0v) is 17.3. The number of aliphatic imine (C=N–C) groups is 1. The van der Waals surface area contributed by atoms with E-state index in [1.165, 1.54) is 12.1 Å². The fraction of sp³-hybridized carbons (Fsp3) is 0.316. The summed E-state index contributed by atoms with van der Waals surface area (Å²) in [5, 5.41) is 6.39. The van der Waals surface area contributed by atoms with Gasteiger partial charge in [-0.15, -0.1) is 24.0 Å². The van der Waals surface area contributed by atoms with E-state index in [0.717, 1.165) is 16.9 Å². The van der Waals surface area contributed by atoms with Gasteiger partial charge in [0.25, 0.3) is 0 Å². The van der Waals surface area contributed by atoms with Crippen LogP contribution in [0.25, 0.3) is 0 Å². The van der Waals surface area contributed by atoms with Crippen LogP contribution in [0.2, 0.25) is 0 Å². The van der Waals surface area contributed by atoms with Crippen LogP contribution in [0, 0.1) is 5.82 Å². The third kappa shape index (κ3) is 8.01. The van der Waals surface area contributed by atoms with Crippen LogP contribution in [0.3, 0.4) is 0 Å². The number of nitrogens with one attached hydrogen (secondary N) is 2. The van der Waals surface area contributed by atoms with Crippen LogP contribution in [0.4, 0.5) is 4.39 Å². The van der Waals surface area contributed by atoms with Crippen LogP contribution >= 0.6 is 24.0 Å². The number of halogens is 2. The molecule has 0 heterocycles. The Labute approximate surface area is 171 Å². The standard InChI is InChI=1S/C19H24FN3O2.HI/c1-21-19(23-14-16-4-3-5-17(20)12-16)22-13-15-6-8-18(9-7-15)25-11-10-24-2;/h3-9,12H,10-11,13-14H2,1-2H3,(H2,21,22,23);1H. The summed E-state index contributed by atoms with van der Waals surface area (Å²) < 4.78 is 23.7. The number of hydrogen-bond donors (Lipinski definition) is 2. The lowest BCUT2D eigenvalue weighted by Gasteiger charge is -2.12. The number of rotatable bonds is 8. The molecule has 0 spiro atoms. The number of methoxy groups -OCH3 is 1. The molecule has 7 heteroatoms. The van der Waals surface area contributed by atoms with Crippen LogP contribution in [0.5, 0.6) is 5.75 Å². The van der Waals surface area contributed by atoms with E-state index >= 15 is 0 Å². The molecule has 2 rings (SSSR count). The van der Waals surface area contributed by atoms with Gasteiger partial charge in [0.2, 0.25) is 0 Å². The molecule has 5 nitrogen and oxygen atoms in total. The first-order chi connectivity index (χ1) is 12.2. The molecule has 142 valence electrons. The summed E-state index contributed by atoms with van der Waals surface area (Å²) in [5.41, 5.74) is 1.97. The number of ether oxygens (including phenoxy) is 2. The van der Waals surface area contributed by atoms with E-state index < -0.39 is 0 Å². The highest BCUT2D eigenvalue weighted by Gasteiger charge is 2.01. The van der Waals surface area contributed by atoms with Gasteiger partial charge in [0.15, 0.2) is 5.96 Å². The number of hydrogen-bond acceptors (Lipinski definition) is 3. The molecule has 0 aliphatic rings. The lowest BCUT2D eigenvalue weighted by atomic mass is 10.2. The summed E-state index contributed by atoms with van der Waals surface area (Å²) >= 11 is 0. The van der Waals surface area contributed by atoms with Gasteiger partial charge in [0, 0.05) is 27.2 Å². The first kappa shape index (κ1) is 22.2. The fourth-order valence-electron chi connectivity index (χ4n) is 2.19. The van der Waals surface area contributed by atoms with Gasteiger partial charge in [-0.25, -0.2) is 4.39 Å². The highest BCUT2D eigenvalue weighted by atomic mass is 127. The molecule has 0 aliphatic carbocycles. The average Bonchev–Trinajstić information content (AvgIpc) is 2.63. The van der Waals surface area contributed by atoms with Crippen molar-refractivity contribution in [3.63, 3.8) is 0 Å². The Balaban J connectivity index is 0.00000338. The first-order valence-corrected chi connectivity index (χ1v) is 8.11. The summed E-state index contributed by atoms with van der Waals surface area (Å²) in [6.45, 7) is 2.23. The minimum atomic E-state index is -0.241. The molecule has 2 N–H and O–H groups in total. The van der Waals surface area contributed by atoms with Gasteiger partial charge in [-0.3, -0.25) is 4.99 Å². The molecule has 0 saturated heterocycles. The van der Waals surface area contributed by atoms with Gasteiger partial charge >= 0.3 is 0 Å². The third-order valence-corrected chi connectivity index (χ3v) is 3.51. The Morgan fingerprint density at radius 2 is 1.69 bits per heavy atom. The molecular weight excluding hydrogens is 448 g/mol. The molecule has 0 aliphatic heterocycles. The predicted octanol–water partition coefficient (Wildman–Crippen LogP) is 3.33. The van der Waals surface area contributed by atoms with Gasteiger partial charge in [-0.1, -0.05) is 24.3 Å². The van der Waals surface area contributed by atoms with Gasteiger partial charge in [-0.05, 0) is 35.4 Å². The molecule has 0 aromatic heterocycles. The zero-order valence-electron chi connectivity index (χ0n) is 15.0. The first-order valence-electron chi connectivity index (χ1n) is 8.11. The van der Waals surface area contributed by atoms with Crippen LogP contribution < -0.4 is 15.4 Å². The Kier molecular flexibility index (Phi) is 10.6. The van der Waals surface area contributed by atoms with Crippen LogP contribution in [-0.4, -0.2) is 33.3 Å². The van der Waals surface area contributed by atoms with E-state index in [9.17, 15) is 4.39 Å². The monoisotopic (exact) mass is 473 g/mol. The molecule has 2 aromatic rings. The fourth-order valence-corrected chi connectivity index (χ4v) is 2.19. The molecule has 0 unspecified atom stereocenters. The number of benzene rings is 2. The maximum atomic E-state index is 13.2. The van der Waals surface area contributed by atoms with Crippen LogP contribution in [0.1, 0.15) is 11.1 Å². The van der Waals surface area contributed by atoms with E-state index in [1.807, 2.05) is 30.3 Å². The average molecular weight is 473 g/mol. The second-order valence-electron chi connectivity index (χ2n) is 5.39. The zero-order chi connectivity index (χ0) is 17.9. The van der Waals surface area contributed by atoms with Gasteiger partial charge in [0.05, 0.1) is 6.61 Å². The van der Waals surface area contributed by atoms with Crippen molar-refractivity contribution in [1.82, 2.24) is 10.6 Å². The highest BCUT2D eigenvalue weighted by molar-refractivity contribution is 14.0. The molecule has 0 saturated carbocycles. The van der Waals surface area contributed by atoms with E-state index in [4.69, 9.17) is 9.47 Å². The van der Waals surface area contributed by atoms with Crippen molar-refractivity contribution in [2.75, 3.05) is 27.4 Å². The van der Waals surface area contributed by atoms with Crippen molar-refractivity contribution in [3.05, 3.63) is 65.5 Å². The molecule has 26 heavy (non-hydrogen) atoms. The number of guanidine groups is 1. The Hall–Kier alpha value is -1.87. The summed E-state index contributed by atoms with van der Waals surface area (Å²) in [6.07, 6.45) is 0. The SMILES string of the molecule is CN=C(NCc1ccc(OCCOC)cc1)NCc1cccc(F)c1.I. The Bertz CT molecular complexity index is 681. The van der Waals surface area contributed by atoms with Crippen molar-refractivity contribution in [3.8, 4) is 5.75 Å². The topological polar surface area (TPSA) is 54.9 Å². The van der Waals surface area contributed by atoms with Crippen LogP contribution in [-0.2, 0) is 17.8 Å². The molecule has 0 fully saturated rings. The number of nitrogens with zero attached hydrogens (tertiary/aromatic N) is 1. The van der Waals surface area contributed by atoms with Crippen molar-refractivity contribution in [2.24, 2.45) is 4.99 Å². The van der Waals surface area contributed by atoms with E-state index in [1.54, 1.807) is 20.2 Å². The maximum Gasteiger partial charge on any atom is 0.191 e. The third-order valence-electron chi connectivity index (χ3n) is 3.51. The molecular formula is C19H25FIN3O2. The predicted molar refractivity (Wildman–Crippen MR) is 113 cm³/mol. The maximum absolute atomic E-state index is 13.2. The van der Waals surface area contributed by atoms with Gasteiger partial charge < -0.3 is 20.1 Å². The second-order valence-corrected chi connectivity index (χ2v) is 5.39. The lowest BCUT2D eigenvalue weighted by Crippen LogP contribution is -2.36. The van der Waals surface area contributed by atoms with Crippen molar-refractivity contribution >= 4 is 29.9 Å². The molecule has 0 radical (unpaired) electrons. The molecule has 2 aromatic carbocycles. The van der Waals surface area contributed by atoms with Crippen LogP contribution in [0.15, 0.2) is 53.5 Å². The summed E-state index contributed by atoms with van der Waals surface area (Å²) in [5.74, 6) is 1.23. The molecule has 0 atom stereocenters. The second kappa shape index (κ2) is 12.5. The summed E-state index contributed by atoms with van der Waals surface area (Å²) in [7, 11) is 3.35. The molecule has 0 bridgehead atoms. The van der Waals surface area contributed by atoms with E-state index in [-0.39, 0.29) is 29.8 Å². The minimum Gasteiger partial charge on any atom is -0.491 e. The smallest absolute Gasteiger partial charge is 0.191 e. The minimum absolute atomic E-state index is 0. The highest BCUT2D eigenvalue weighted by Crippen LogP contribution is 2.12. The van der Waals surface area contributed by atoms with Crippen molar-refractivity contribution in [1.29, 1.82) is 0 Å². The van der Waals surface area contributed by atoms with Gasteiger partial charge in [0.1, 0.15) is 18.2 Å². The van der Waals surface area contributed by atoms with Gasteiger partial charge in [-0.2, -0.15) is 0 Å². The normalized spacial score (nSPS) is 10.8.